The van der Waals surface area contributed by atoms with Gasteiger partial charge in [0.2, 0.25) is 0 Å². The van der Waals surface area contributed by atoms with Crippen molar-refractivity contribution in [1.29, 1.82) is 0 Å². The van der Waals surface area contributed by atoms with Crippen LogP contribution in [0.5, 0.6) is 0 Å². The summed E-state index contributed by atoms with van der Waals surface area (Å²) in [5, 5.41) is 0.557. The maximum absolute atomic E-state index is 4.85. The summed E-state index contributed by atoms with van der Waals surface area (Å²) >= 11 is 4.85. The van der Waals surface area contributed by atoms with Gasteiger partial charge >= 0.3 is 22.4 Å². The van der Waals surface area contributed by atoms with Gasteiger partial charge in [0.1, 0.15) is 0 Å². The van der Waals surface area contributed by atoms with Gasteiger partial charge in [-0.15, -0.1) is 7.92 Å². The molecular formula is C13H20AuN2PS. The number of benzene rings is 1. The first-order chi connectivity index (χ1) is 8.21. The maximum Gasteiger partial charge on any atom is 1.00 e. The Morgan fingerprint density at radius 2 is 1.67 bits per heavy atom. The van der Waals surface area contributed by atoms with Gasteiger partial charge in [0.25, 0.3) is 0 Å². The number of nitrogens with one attached hydrogen (secondary N) is 1. The summed E-state index contributed by atoms with van der Waals surface area (Å²) in [6.07, 6.45) is 4.26. The summed E-state index contributed by atoms with van der Waals surface area (Å²) in [6.45, 7) is 6.87. The molecule has 0 amide bonds. The number of nitrogens with zero attached hydrogens (tertiary/aromatic N) is 1. The molecule has 0 spiro atoms. The molecular weight excluding hydrogens is 444 g/mol. The summed E-state index contributed by atoms with van der Waals surface area (Å²) < 4.78 is 0. The quantitative estimate of drug-likeness (QED) is 0.423. The monoisotopic (exact) mass is 464 g/mol. The first-order valence-corrected chi connectivity index (χ1v) is 8.35. The van der Waals surface area contributed by atoms with Gasteiger partial charge in [0, 0.05) is 0 Å². The van der Waals surface area contributed by atoms with E-state index in [-0.39, 0.29) is 22.4 Å². The van der Waals surface area contributed by atoms with Crippen LogP contribution in [0.15, 0.2) is 29.4 Å². The fraction of sp³-hybridized carbons (Fsp3) is 0.462. The SMILES string of the molecule is CCP(CC)CC.[Au+].[S-]c1nc2ccccc2[nH]1. The second-order valence-electron chi connectivity index (χ2n) is 3.68. The number of aromatic nitrogens is 2. The van der Waals surface area contributed by atoms with Gasteiger partial charge in [-0.25, -0.2) is 0 Å². The van der Waals surface area contributed by atoms with Gasteiger partial charge in [-0.05, 0) is 35.8 Å². The number of aromatic amines is 1. The normalized spacial score (nSPS) is 9.78. The molecule has 0 saturated heterocycles. The zero-order valence-electron chi connectivity index (χ0n) is 11.0. The molecule has 0 aliphatic carbocycles. The van der Waals surface area contributed by atoms with E-state index in [2.05, 4.69) is 30.7 Å². The summed E-state index contributed by atoms with van der Waals surface area (Å²) in [6, 6.07) is 7.78. The van der Waals surface area contributed by atoms with Crippen molar-refractivity contribution >= 4 is 31.6 Å². The van der Waals surface area contributed by atoms with Crippen molar-refractivity contribution in [1.82, 2.24) is 9.97 Å². The Labute approximate surface area is 132 Å². The number of para-hydroxylation sites is 2. The minimum absolute atomic E-state index is 0. The van der Waals surface area contributed by atoms with Crippen molar-refractivity contribution in [2.24, 2.45) is 0 Å². The van der Waals surface area contributed by atoms with E-state index >= 15 is 0 Å². The van der Waals surface area contributed by atoms with Crippen LogP contribution in [0.25, 0.3) is 11.0 Å². The van der Waals surface area contributed by atoms with Crippen molar-refractivity contribution in [3.63, 3.8) is 0 Å². The Morgan fingerprint density at radius 1 is 1.11 bits per heavy atom. The molecule has 1 heterocycles. The van der Waals surface area contributed by atoms with Crippen LogP contribution < -0.4 is 0 Å². The molecule has 0 radical (unpaired) electrons. The topological polar surface area (TPSA) is 28.7 Å². The van der Waals surface area contributed by atoms with Gasteiger partial charge in [-0.1, -0.05) is 32.9 Å². The standard InChI is InChI=1S/C7H6N2S.C6H15P.Au/c10-7-8-5-3-1-2-4-6(5)9-7;1-4-7(5-2)6-3;/h1-4H,(H2,8,9,10);4-6H2,1-3H3;/q;;+1/p-1. The molecule has 1 aromatic carbocycles. The number of hydrogen-bond donors (Lipinski definition) is 1. The number of rotatable bonds is 3. The Hall–Kier alpha value is 0.0803. The van der Waals surface area contributed by atoms with Crippen molar-refractivity contribution in [2.45, 2.75) is 25.9 Å². The predicted octanol–water partition coefficient (Wildman–Crippen LogP) is 3.99. The molecule has 1 aromatic heterocycles. The van der Waals surface area contributed by atoms with Crippen molar-refractivity contribution in [2.75, 3.05) is 18.5 Å². The van der Waals surface area contributed by atoms with E-state index in [1.807, 2.05) is 24.3 Å². The van der Waals surface area contributed by atoms with E-state index < -0.39 is 0 Å². The molecule has 2 aromatic rings. The maximum atomic E-state index is 4.85. The van der Waals surface area contributed by atoms with Crippen LogP contribution in [-0.2, 0) is 35.0 Å². The van der Waals surface area contributed by atoms with Crippen LogP contribution in [0, 0.1) is 0 Å². The average Bonchev–Trinajstić information content (AvgIpc) is 2.72. The molecule has 0 atom stereocenters. The van der Waals surface area contributed by atoms with E-state index in [9.17, 15) is 0 Å². The van der Waals surface area contributed by atoms with Gasteiger partial charge < -0.3 is 17.6 Å². The molecule has 0 saturated carbocycles. The summed E-state index contributed by atoms with van der Waals surface area (Å²) in [5.74, 6) is 0. The van der Waals surface area contributed by atoms with E-state index in [4.69, 9.17) is 12.6 Å². The summed E-state index contributed by atoms with van der Waals surface area (Å²) in [7, 11) is 0.446. The summed E-state index contributed by atoms with van der Waals surface area (Å²) in [5.41, 5.74) is 1.94. The van der Waals surface area contributed by atoms with Crippen LogP contribution in [0.1, 0.15) is 20.8 Å². The Bertz CT molecular complexity index is 405. The number of imidazole rings is 1. The zero-order chi connectivity index (χ0) is 12.7. The first-order valence-electron chi connectivity index (χ1n) is 6.05. The largest absolute Gasteiger partial charge is 1.00 e. The second kappa shape index (κ2) is 9.94. The van der Waals surface area contributed by atoms with E-state index in [0.29, 0.717) is 13.1 Å². The second-order valence-corrected chi connectivity index (χ2v) is 7.30. The summed E-state index contributed by atoms with van der Waals surface area (Å²) in [4.78, 5) is 7.03. The van der Waals surface area contributed by atoms with Crippen LogP contribution in [0.4, 0.5) is 0 Å². The van der Waals surface area contributed by atoms with Gasteiger partial charge in [-0.2, -0.15) is 0 Å². The minimum Gasteiger partial charge on any atom is -0.742 e. The van der Waals surface area contributed by atoms with Crippen molar-refractivity contribution in [3.8, 4) is 0 Å². The Kier molecular flexibility index (Phi) is 9.98. The molecule has 0 bridgehead atoms. The fourth-order valence-corrected chi connectivity index (χ4v) is 3.15. The first kappa shape index (κ1) is 18.1. The third-order valence-electron chi connectivity index (χ3n) is 2.71. The molecule has 0 unspecified atom stereocenters. The molecule has 0 fully saturated rings. The number of H-pyrrole nitrogens is 1. The van der Waals surface area contributed by atoms with E-state index in [0.717, 1.165) is 11.0 Å². The van der Waals surface area contributed by atoms with Gasteiger partial charge in [0.15, 0.2) is 0 Å². The Morgan fingerprint density at radius 3 is 2.11 bits per heavy atom. The third-order valence-corrected chi connectivity index (χ3v) is 5.59. The van der Waals surface area contributed by atoms with Crippen molar-refractivity contribution < 1.29 is 22.4 Å². The predicted molar refractivity (Wildman–Crippen MR) is 80.3 cm³/mol. The Balaban J connectivity index is 0.000000326. The van der Waals surface area contributed by atoms with E-state index in [1.165, 1.54) is 18.5 Å². The molecule has 2 rings (SSSR count). The zero-order valence-corrected chi connectivity index (χ0v) is 14.9. The van der Waals surface area contributed by atoms with Crippen LogP contribution in [-0.4, -0.2) is 28.5 Å². The van der Waals surface area contributed by atoms with Crippen LogP contribution >= 0.6 is 7.92 Å². The minimum atomic E-state index is 0. The number of fused-ring (bicyclic) bond motifs is 1. The van der Waals surface area contributed by atoms with Crippen LogP contribution in [0.3, 0.4) is 0 Å². The molecule has 0 aliphatic rings. The number of hydrogen-bond acceptors (Lipinski definition) is 2. The van der Waals surface area contributed by atoms with Crippen LogP contribution in [0.2, 0.25) is 0 Å². The molecule has 2 nitrogen and oxygen atoms in total. The average molecular weight is 464 g/mol. The third kappa shape index (κ3) is 5.81. The van der Waals surface area contributed by atoms with Gasteiger partial charge in [-0.3, -0.25) is 4.98 Å². The fourth-order valence-electron chi connectivity index (χ4n) is 1.60. The molecule has 104 valence electrons. The van der Waals surface area contributed by atoms with Crippen molar-refractivity contribution in [3.05, 3.63) is 24.3 Å². The molecule has 0 aliphatic heterocycles. The smallest absolute Gasteiger partial charge is 0.742 e. The molecule has 18 heavy (non-hydrogen) atoms. The van der Waals surface area contributed by atoms with Gasteiger partial charge in [0.05, 0.1) is 11.0 Å². The van der Waals surface area contributed by atoms with E-state index in [1.54, 1.807) is 0 Å². The molecule has 5 heteroatoms. The molecule has 1 N–H and O–H groups in total.